The topological polar surface area (TPSA) is 69.4 Å². The van der Waals surface area contributed by atoms with Gasteiger partial charge in [-0.3, -0.25) is 10.1 Å². The fourth-order valence-corrected chi connectivity index (χ4v) is 2.07. The molecule has 2 aromatic carbocycles. The molecule has 0 unspecified atom stereocenters. The van der Waals surface area contributed by atoms with E-state index in [-0.39, 0.29) is 5.69 Å². The van der Waals surface area contributed by atoms with Crippen molar-refractivity contribution in [1.82, 2.24) is 0 Å². The molecule has 5 nitrogen and oxygen atoms in total. The molecule has 0 fully saturated rings. The summed E-state index contributed by atoms with van der Waals surface area (Å²) < 4.78 is 4.73. The Balaban J connectivity index is 2.56. The number of benzene rings is 2. The van der Waals surface area contributed by atoms with E-state index >= 15 is 0 Å². The van der Waals surface area contributed by atoms with Gasteiger partial charge in [0.15, 0.2) is 0 Å². The van der Waals surface area contributed by atoms with Crippen molar-refractivity contribution in [2.45, 2.75) is 0 Å². The minimum atomic E-state index is -0.509. The number of carbonyl (C=O) groups excluding carboxylic acids is 1. The zero-order valence-electron chi connectivity index (χ0n) is 11.4. The van der Waals surface area contributed by atoms with Gasteiger partial charge in [0.1, 0.15) is 0 Å². The van der Waals surface area contributed by atoms with Crippen LogP contribution >= 0.6 is 0 Å². The van der Waals surface area contributed by atoms with Crippen LogP contribution in [0.1, 0.15) is 21.5 Å². The summed E-state index contributed by atoms with van der Waals surface area (Å²) in [4.78, 5) is 22.4. The first-order chi connectivity index (χ1) is 10.1. The second-order valence-electron chi connectivity index (χ2n) is 4.29. The van der Waals surface area contributed by atoms with Crippen LogP contribution in [0.25, 0.3) is 5.57 Å². The monoisotopic (exact) mass is 283 g/mol. The standard InChI is InChI=1S/C16H13NO4/c1-11(13-8-5-6-10-15(13)17(19)20)12-7-3-4-9-14(12)16(18)21-2/h3-10H,1H2,2H3. The zero-order valence-corrected chi connectivity index (χ0v) is 11.4. The van der Waals surface area contributed by atoms with Gasteiger partial charge in [0.2, 0.25) is 0 Å². The molecule has 0 N–H and O–H groups in total. The largest absolute Gasteiger partial charge is 0.465 e. The molecule has 0 saturated heterocycles. The molecule has 0 aromatic heterocycles. The first kappa shape index (κ1) is 14.5. The van der Waals surface area contributed by atoms with Crippen LogP contribution in [0, 0.1) is 10.1 Å². The second kappa shape index (κ2) is 6.00. The summed E-state index contributed by atoms with van der Waals surface area (Å²) >= 11 is 0. The number of nitrogens with zero attached hydrogens (tertiary/aromatic N) is 1. The van der Waals surface area contributed by atoms with E-state index in [1.54, 1.807) is 42.5 Å². The summed E-state index contributed by atoms with van der Waals surface area (Å²) in [6, 6.07) is 13.0. The fraction of sp³-hybridized carbons (Fsp3) is 0.0625. The molecule has 5 heteroatoms. The van der Waals surface area contributed by atoms with Gasteiger partial charge in [0.05, 0.1) is 23.2 Å². The maximum absolute atomic E-state index is 11.8. The van der Waals surface area contributed by atoms with Crippen molar-refractivity contribution >= 4 is 17.2 Å². The van der Waals surface area contributed by atoms with Gasteiger partial charge in [-0.2, -0.15) is 0 Å². The quantitative estimate of drug-likeness (QED) is 0.489. The Morgan fingerprint density at radius 3 is 2.14 bits per heavy atom. The van der Waals surface area contributed by atoms with Gasteiger partial charge in [0, 0.05) is 6.07 Å². The second-order valence-corrected chi connectivity index (χ2v) is 4.29. The lowest BCUT2D eigenvalue weighted by Gasteiger charge is -2.11. The molecule has 2 aromatic rings. The van der Waals surface area contributed by atoms with Gasteiger partial charge in [-0.15, -0.1) is 0 Å². The summed E-state index contributed by atoms with van der Waals surface area (Å²) in [6.45, 7) is 3.90. The number of rotatable bonds is 4. The summed E-state index contributed by atoms with van der Waals surface area (Å²) in [7, 11) is 1.28. The van der Waals surface area contributed by atoms with Gasteiger partial charge in [-0.05, 0) is 23.3 Å². The molecular formula is C16H13NO4. The van der Waals surface area contributed by atoms with E-state index in [9.17, 15) is 14.9 Å². The highest BCUT2D eigenvalue weighted by Gasteiger charge is 2.20. The Hall–Kier alpha value is -2.95. The van der Waals surface area contributed by atoms with Crippen LogP contribution < -0.4 is 0 Å². The molecule has 0 amide bonds. The van der Waals surface area contributed by atoms with E-state index in [1.165, 1.54) is 13.2 Å². The highest BCUT2D eigenvalue weighted by Crippen LogP contribution is 2.31. The predicted molar refractivity (Wildman–Crippen MR) is 79.0 cm³/mol. The third-order valence-corrected chi connectivity index (χ3v) is 3.08. The van der Waals surface area contributed by atoms with E-state index in [2.05, 4.69) is 6.58 Å². The molecule has 0 radical (unpaired) electrons. The molecule has 2 rings (SSSR count). The molecule has 0 aliphatic heterocycles. The highest BCUT2D eigenvalue weighted by molar-refractivity contribution is 5.98. The lowest BCUT2D eigenvalue weighted by atomic mass is 9.94. The summed E-state index contributed by atoms with van der Waals surface area (Å²) in [5.74, 6) is -0.509. The van der Waals surface area contributed by atoms with Crippen molar-refractivity contribution in [2.75, 3.05) is 7.11 Å². The van der Waals surface area contributed by atoms with Crippen LogP contribution in [-0.2, 0) is 4.74 Å². The molecule has 0 bridgehead atoms. The van der Waals surface area contributed by atoms with E-state index in [1.807, 2.05) is 0 Å². The first-order valence-corrected chi connectivity index (χ1v) is 6.16. The van der Waals surface area contributed by atoms with Crippen LogP contribution in [0.15, 0.2) is 55.1 Å². The fourth-order valence-electron chi connectivity index (χ4n) is 2.07. The van der Waals surface area contributed by atoms with Gasteiger partial charge < -0.3 is 4.74 Å². The lowest BCUT2D eigenvalue weighted by Crippen LogP contribution is -2.06. The number of nitro benzene ring substituents is 1. The van der Waals surface area contributed by atoms with Crippen LogP contribution in [0.3, 0.4) is 0 Å². The van der Waals surface area contributed by atoms with Crippen LogP contribution in [0.2, 0.25) is 0 Å². The lowest BCUT2D eigenvalue weighted by molar-refractivity contribution is -0.385. The summed E-state index contributed by atoms with van der Waals surface area (Å²) in [5.41, 5.74) is 1.56. The number of hydrogen-bond donors (Lipinski definition) is 0. The molecule has 0 aliphatic carbocycles. The molecule has 0 heterocycles. The minimum Gasteiger partial charge on any atom is -0.465 e. The molecule has 0 atom stereocenters. The molecule has 0 spiro atoms. The van der Waals surface area contributed by atoms with E-state index < -0.39 is 10.9 Å². The Labute approximate surface area is 121 Å². The number of para-hydroxylation sites is 1. The predicted octanol–water partition coefficient (Wildman–Crippen LogP) is 3.44. The molecule has 0 aliphatic rings. The van der Waals surface area contributed by atoms with Crippen molar-refractivity contribution in [3.8, 4) is 0 Å². The normalized spacial score (nSPS) is 9.95. The van der Waals surface area contributed by atoms with Crippen molar-refractivity contribution < 1.29 is 14.5 Å². The number of methoxy groups -OCH3 is 1. The number of nitro groups is 1. The smallest absolute Gasteiger partial charge is 0.338 e. The minimum absolute atomic E-state index is 0.0535. The number of hydrogen-bond acceptors (Lipinski definition) is 4. The molecule has 106 valence electrons. The van der Waals surface area contributed by atoms with Crippen LogP contribution in [-0.4, -0.2) is 18.0 Å². The first-order valence-electron chi connectivity index (χ1n) is 6.16. The molecule has 0 saturated carbocycles. The summed E-state index contributed by atoms with van der Waals surface area (Å²) in [6.07, 6.45) is 0. The Kier molecular flexibility index (Phi) is 4.13. The van der Waals surface area contributed by atoms with Gasteiger partial charge in [-0.25, -0.2) is 4.79 Å². The van der Waals surface area contributed by atoms with E-state index in [0.717, 1.165) is 0 Å². The number of ether oxygens (including phenoxy) is 1. The van der Waals surface area contributed by atoms with Crippen LogP contribution in [0.5, 0.6) is 0 Å². The Morgan fingerprint density at radius 2 is 1.57 bits per heavy atom. The van der Waals surface area contributed by atoms with E-state index in [0.29, 0.717) is 22.3 Å². The van der Waals surface area contributed by atoms with Crippen molar-refractivity contribution in [3.05, 3.63) is 81.9 Å². The van der Waals surface area contributed by atoms with Gasteiger partial charge >= 0.3 is 5.97 Å². The van der Waals surface area contributed by atoms with Gasteiger partial charge in [-0.1, -0.05) is 36.9 Å². The molecular weight excluding hydrogens is 270 g/mol. The highest BCUT2D eigenvalue weighted by atomic mass is 16.6. The zero-order chi connectivity index (χ0) is 15.4. The maximum Gasteiger partial charge on any atom is 0.338 e. The van der Waals surface area contributed by atoms with Gasteiger partial charge in [0.25, 0.3) is 5.69 Å². The maximum atomic E-state index is 11.8. The van der Waals surface area contributed by atoms with Crippen molar-refractivity contribution in [3.63, 3.8) is 0 Å². The Morgan fingerprint density at radius 1 is 1.05 bits per heavy atom. The average molecular weight is 283 g/mol. The van der Waals surface area contributed by atoms with Crippen molar-refractivity contribution in [1.29, 1.82) is 0 Å². The Bertz CT molecular complexity index is 722. The van der Waals surface area contributed by atoms with Crippen molar-refractivity contribution in [2.24, 2.45) is 0 Å². The number of carbonyl (C=O) groups is 1. The SMILES string of the molecule is C=C(c1ccccc1C(=O)OC)c1ccccc1[N+](=O)[O-]. The third kappa shape index (κ3) is 2.81. The molecule has 21 heavy (non-hydrogen) atoms. The van der Waals surface area contributed by atoms with E-state index in [4.69, 9.17) is 4.74 Å². The average Bonchev–Trinajstić information content (AvgIpc) is 2.53. The van der Waals surface area contributed by atoms with Crippen LogP contribution in [0.4, 0.5) is 5.69 Å². The summed E-state index contributed by atoms with van der Waals surface area (Å²) in [5, 5.41) is 11.1. The third-order valence-electron chi connectivity index (χ3n) is 3.08. The number of esters is 1.